The number of halogens is 1. The van der Waals surface area contributed by atoms with Crippen LogP contribution in [0.5, 0.6) is 0 Å². The molecular formula is C11H14BrN5S. The monoisotopic (exact) mass is 327 g/mol. The Morgan fingerprint density at radius 1 is 1.61 bits per heavy atom. The number of nitrogens with zero attached hydrogens (tertiary/aromatic N) is 4. The summed E-state index contributed by atoms with van der Waals surface area (Å²) in [6.07, 6.45) is 7.58. The summed E-state index contributed by atoms with van der Waals surface area (Å²) in [6, 6.07) is 0. The highest BCUT2D eigenvalue weighted by Crippen LogP contribution is 2.24. The van der Waals surface area contributed by atoms with Crippen molar-refractivity contribution in [1.29, 1.82) is 0 Å². The minimum atomic E-state index is 0.785. The first kappa shape index (κ1) is 13.4. The molecule has 2 aromatic heterocycles. The van der Waals surface area contributed by atoms with E-state index in [2.05, 4.69) is 25.9 Å². The van der Waals surface area contributed by atoms with Crippen LogP contribution >= 0.6 is 27.7 Å². The third-order valence-electron chi connectivity index (χ3n) is 2.43. The molecule has 0 aliphatic rings. The highest BCUT2D eigenvalue weighted by molar-refractivity contribution is 9.10. The standard InChI is InChI=1S/C11H14BrN5S/c1-7(5-16(2)13)8-4-14-10-11(18-3)15-9(12)6-17(8)10/h4-6H,13H2,1-3H3/b7-5+. The molecule has 2 heterocycles. The quantitative estimate of drug-likeness (QED) is 0.533. The first-order valence-corrected chi connectivity index (χ1v) is 7.28. The first-order valence-electron chi connectivity index (χ1n) is 5.27. The van der Waals surface area contributed by atoms with Crippen LogP contribution < -0.4 is 5.84 Å². The van der Waals surface area contributed by atoms with Crippen molar-refractivity contribution in [3.8, 4) is 0 Å². The van der Waals surface area contributed by atoms with Gasteiger partial charge in [0.05, 0.1) is 11.9 Å². The van der Waals surface area contributed by atoms with E-state index in [0.717, 1.165) is 26.5 Å². The highest BCUT2D eigenvalue weighted by atomic mass is 79.9. The van der Waals surface area contributed by atoms with Gasteiger partial charge in [0.15, 0.2) is 5.65 Å². The summed E-state index contributed by atoms with van der Waals surface area (Å²) >= 11 is 4.99. The van der Waals surface area contributed by atoms with Crippen LogP contribution in [0.1, 0.15) is 12.6 Å². The number of hydrazine groups is 1. The number of thioether (sulfide) groups is 1. The summed E-state index contributed by atoms with van der Waals surface area (Å²) in [6.45, 7) is 2.00. The molecule has 0 saturated heterocycles. The van der Waals surface area contributed by atoms with Crippen LogP contribution in [0.2, 0.25) is 0 Å². The van der Waals surface area contributed by atoms with Crippen molar-refractivity contribution in [1.82, 2.24) is 19.4 Å². The topological polar surface area (TPSA) is 59.5 Å². The molecule has 2 N–H and O–H groups in total. The van der Waals surface area contributed by atoms with E-state index in [9.17, 15) is 0 Å². The molecule has 0 unspecified atom stereocenters. The van der Waals surface area contributed by atoms with E-state index in [1.165, 1.54) is 5.01 Å². The van der Waals surface area contributed by atoms with Crippen molar-refractivity contribution in [2.24, 2.45) is 5.84 Å². The second kappa shape index (κ2) is 5.29. The molecule has 0 radical (unpaired) electrons. The summed E-state index contributed by atoms with van der Waals surface area (Å²) in [7, 11) is 1.79. The fraction of sp³-hybridized carbons (Fsp3) is 0.273. The molecule has 0 bridgehead atoms. The maximum absolute atomic E-state index is 5.63. The maximum atomic E-state index is 5.63. The summed E-state index contributed by atoms with van der Waals surface area (Å²) in [4.78, 5) is 8.81. The van der Waals surface area contributed by atoms with Gasteiger partial charge in [-0.05, 0) is 34.7 Å². The zero-order valence-corrected chi connectivity index (χ0v) is 12.8. The van der Waals surface area contributed by atoms with E-state index in [1.54, 1.807) is 18.8 Å². The largest absolute Gasteiger partial charge is 0.321 e. The van der Waals surface area contributed by atoms with Crippen LogP contribution in [0.25, 0.3) is 11.2 Å². The van der Waals surface area contributed by atoms with Crippen molar-refractivity contribution in [2.45, 2.75) is 11.9 Å². The Labute approximate surface area is 118 Å². The lowest BCUT2D eigenvalue weighted by Crippen LogP contribution is -2.19. The maximum Gasteiger partial charge on any atom is 0.170 e. The van der Waals surface area contributed by atoms with Crippen LogP contribution in [0, 0.1) is 0 Å². The molecule has 0 aliphatic heterocycles. The highest BCUT2D eigenvalue weighted by Gasteiger charge is 2.11. The summed E-state index contributed by atoms with van der Waals surface area (Å²) in [5, 5.41) is 2.42. The second-order valence-electron chi connectivity index (χ2n) is 3.89. The van der Waals surface area contributed by atoms with Gasteiger partial charge in [-0.2, -0.15) is 0 Å². The molecule has 0 aliphatic carbocycles. The van der Waals surface area contributed by atoms with Crippen molar-refractivity contribution >= 4 is 38.9 Å². The molecule has 0 aromatic carbocycles. The lowest BCUT2D eigenvalue weighted by atomic mass is 10.2. The fourth-order valence-electron chi connectivity index (χ4n) is 1.73. The molecule has 96 valence electrons. The third-order valence-corrected chi connectivity index (χ3v) is 3.47. The number of fused-ring (bicyclic) bond motifs is 1. The third kappa shape index (κ3) is 2.52. The number of allylic oxidation sites excluding steroid dienone is 1. The van der Waals surface area contributed by atoms with Gasteiger partial charge in [-0.25, -0.2) is 15.8 Å². The Morgan fingerprint density at radius 2 is 2.33 bits per heavy atom. The number of aromatic nitrogens is 3. The van der Waals surface area contributed by atoms with Gasteiger partial charge in [0.1, 0.15) is 9.63 Å². The summed E-state index contributed by atoms with van der Waals surface area (Å²) in [5.41, 5.74) is 2.89. The minimum Gasteiger partial charge on any atom is -0.321 e. The average molecular weight is 328 g/mol. The molecule has 2 rings (SSSR count). The molecule has 0 atom stereocenters. The number of rotatable bonds is 3. The van der Waals surface area contributed by atoms with E-state index >= 15 is 0 Å². The van der Waals surface area contributed by atoms with Gasteiger partial charge in [0.25, 0.3) is 0 Å². The van der Waals surface area contributed by atoms with E-state index in [-0.39, 0.29) is 0 Å². The van der Waals surface area contributed by atoms with Crippen LogP contribution in [0.15, 0.2) is 28.2 Å². The Bertz CT molecular complexity index is 605. The Hall–Kier alpha value is -1.05. The molecule has 0 spiro atoms. The van der Waals surface area contributed by atoms with Gasteiger partial charge in [0.2, 0.25) is 0 Å². The zero-order valence-electron chi connectivity index (χ0n) is 10.4. The van der Waals surface area contributed by atoms with E-state index in [4.69, 9.17) is 5.84 Å². The predicted octanol–water partition coefficient (Wildman–Crippen LogP) is 2.38. The molecule has 0 fully saturated rings. The van der Waals surface area contributed by atoms with E-state index < -0.39 is 0 Å². The number of imidazole rings is 1. The minimum absolute atomic E-state index is 0.785. The Morgan fingerprint density at radius 3 is 2.94 bits per heavy atom. The SMILES string of the molecule is CSc1nc(Br)cn2c(/C(C)=C/N(C)N)cnc12. The average Bonchev–Trinajstić information content (AvgIpc) is 2.70. The molecule has 7 heteroatoms. The summed E-state index contributed by atoms with van der Waals surface area (Å²) in [5.74, 6) is 5.63. The van der Waals surface area contributed by atoms with Gasteiger partial charge in [-0.3, -0.25) is 4.40 Å². The first-order chi connectivity index (χ1) is 8.52. The van der Waals surface area contributed by atoms with Gasteiger partial charge in [0, 0.05) is 19.4 Å². The molecule has 0 saturated carbocycles. The Kier molecular flexibility index (Phi) is 3.94. The van der Waals surface area contributed by atoms with E-state index in [1.807, 2.05) is 36.2 Å². The van der Waals surface area contributed by atoms with E-state index in [0.29, 0.717) is 0 Å². The predicted molar refractivity (Wildman–Crippen MR) is 78.1 cm³/mol. The van der Waals surface area contributed by atoms with Gasteiger partial charge in [-0.15, -0.1) is 11.8 Å². The van der Waals surface area contributed by atoms with Crippen LogP contribution in [-0.2, 0) is 0 Å². The van der Waals surface area contributed by atoms with Gasteiger partial charge >= 0.3 is 0 Å². The lowest BCUT2D eigenvalue weighted by Gasteiger charge is -2.08. The summed E-state index contributed by atoms with van der Waals surface area (Å²) < 4.78 is 2.80. The van der Waals surface area contributed by atoms with Crippen molar-refractivity contribution in [2.75, 3.05) is 13.3 Å². The number of hydrogen-bond acceptors (Lipinski definition) is 5. The molecular weight excluding hydrogens is 314 g/mol. The number of nitrogens with two attached hydrogens (primary N) is 1. The smallest absolute Gasteiger partial charge is 0.170 e. The van der Waals surface area contributed by atoms with Gasteiger partial charge < -0.3 is 5.01 Å². The van der Waals surface area contributed by atoms with Crippen molar-refractivity contribution in [3.63, 3.8) is 0 Å². The zero-order chi connectivity index (χ0) is 13.3. The van der Waals surface area contributed by atoms with Crippen LogP contribution in [0.4, 0.5) is 0 Å². The number of hydrogen-bond donors (Lipinski definition) is 1. The lowest BCUT2D eigenvalue weighted by molar-refractivity contribution is 0.486. The van der Waals surface area contributed by atoms with Gasteiger partial charge in [-0.1, -0.05) is 0 Å². The fourth-order valence-corrected chi connectivity index (χ4v) is 2.76. The van der Waals surface area contributed by atoms with Crippen molar-refractivity contribution < 1.29 is 0 Å². The van der Waals surface area contributed by atoms with Crippen molar-refractivity contribution in [3.05, 3.63) is 28.9 Å². The molecule has 0 amide bonds. The normalized spacial score (nSPS) is 12.2. The van der Waals surface area contributed by atoms with Crippen LogP contribution in [0.3, 0.4) is 0 Å². The molecule has 18 heavy (non-hydrogen) atoms. The second-order valence-corrected chi connectivity index (χ2v) is 5.49. The Balaban J connectivity index is 2.64. The molecule has 2 aromatic rings. The van der Waals surface area contributed by atoms with Crippen LogP contribution in [-0.4, -0.2) is 32.7 Å². The molecule has 5 nitrogen and oxygen atoms in total.